The number of halogens is 6. The number of hydrogen-bond donors (Lipinski definition) is 0. The minimum atomic E-state index is -1.85. The normalized spacial score (nSPS) is 37.6. The highest BCUT2D eigenvalue weighted by Gasteiger charge is 2.57. The largest absolute Gasteiger partial charge is 0.294 e. The predicted molar refractivity (Wildman–Crippen MR) is 62.1 cm³/mol. The molecule has 0 aromatic carbocycles. The van der Waals surface area contributed by atoms with E-state index in [-0.39, 0.29) is 10.1 Å². The highest BCUT2D eigenvalue weighted by atomic mass is 35.5. The van der Waals surface area contributed by atoms with E-state index in [1.54, 1.807) is 0 Å². The summed E-state index contributed by atoms with van der Waals surface area (Å²) in [5, 5.41) is -1.13. The first-order valence-electron chi connectivity index (χ1n) is 3.44. The molecule has 1 aliphatic carbocycles. The van der Waals surface area contributed by atoms with Gasteiger partial charge in [0.05, 0.1) is 10.1 Å². The molecule has 0 saturated carbocycles. The van der Waals surface area contributed by atoms with Gasteiger partial charge in [-0.1, -0.05) is 46.4 Å². The van der Waals surface area contributed by atoms with Crippen molar-refractivity contribution in [1.82, 2.24) is 0 Å². The predicted octanol–water partition coefficient (Wildman–Crippen LogP) is 4.04. The highest BCUT2D eigenvalue weighted by molar-refractivity contribution is 6.68. The molecule has 80 valence electrons. The van der Waals surface area contributed by atoms with Crippen LogP contribution in [0.25, 0.3) is 0 Å². The molecule has 7 heteroatoms. The maximum atomic E-state index is 11.7. The number of carbonyl (C=O) groups excluding carboxylic acids is 1. The Morgan fingerprint density at radius 3 is 2.07 bits per heavy atom. The van der Waals surface area contributed by atoms with E-state index in [4.69, 9.17) is 69.6 Å². The van der Waals surface area contributed by atoms with Crippen molar-refractivity contribution < 1.29 is 4.79 Å². The summed E-state index contributed by atoms with van der Waals surface area (Å²) < 4.78 is -1.85. The van der Waals surface area contributed by atoms with Crippen molar-refractivity contribution in [3.8, 4) is 0 Å². The van der Waals surface area contributed by atoms with Crippen LogP contribution in [-0.2, 0) is 4.79 Å². The average Bonchev–Trinajstić information content (AvgIpc) is 2.11. The van der Waals surface area contributed by atoms with E-state index >= 15 is 0 Å². The molecule has 0 aromatic rings. The van der Waals surface area contributed by atoms with Crippen LogP contribution in [0.15, 0.2) is 10.1 Å². The lowest BCUT2D eigenvalue weighted by Gasteiger charge is -2.36. The molecule has 0 heterocycles. The Hall–Kier alpha value is 1.15. The Morgan fingerprint density at radius 2 is 1.64 bits per heavy atom. The van der Waals surface area contributed by atoms with Gasteiger partial charge in [0.1, 0.15) is 10.3 Å². The Kier molecular flexibility index (Phi) is 3.65. The van der Waals surface area contributed by atoms with Crippen LogP contribution in [0.1, 0.15) is 6.92 Å². The van der Waals surface area contributed by atoms with Crippen molar-refractivity contribution in [3.63, 3.8) is 0 Å². The molecule has 1 nitrogen and oxygen atoms in total. The van der Waals surface area contributed by atoms with Crippen molar-refractivity contribution in [2.45, 2.75) is 21.5 Å². The van der Waals surface area contributed by atoms with E-state index in [1.165, 1.54) is 6.92 Å². The molecule has 0 aromatic heterocycles. The summed E-state index contributed by atoms with van der Waals surface area (Å²) in [7, 11) is 0. The number of allylic oxidation sites excluding steroid dienone is 2. The first kappa shape index (κ1) is 13.2. The zero-order valence-corrected chi connectivity index (χ0v) is 11.3. The number of ketones is 1. The van der Waals surface area contributed by atoms with Crippen LogP contribution < -0.4 is 0 Å². The summed E-state index contributed by atoms with van der Waals surface area (Å²) >= 11 is 34.6. The van der Waals surface area contributed by atoms with Crippen LogP contribution in [0.2, 0.25) is 0 Å². The monoisotopic (exact) mass is 314 g/mol. The number of alkyl halides is 4. The summed E-state index contributed by atoms with van der Waals surface area (Å²) in [5.41, 5.74) is 0. The highest BCUT2D eigenvalue weighted by Crippen LogP contribution is 2.50. The van der Waals surface area contributed by atoms with Crippen molar-refractivity contribution in [3.05, 3.63) is 10.1 Å². The van der Waals surface area contributed by atoms with Crippen LogP contribution in [0.4, 0.5) is 0 Å². The lowest BCUT2D eigenvalue weighted by molar-refractivity contribution is -0.121. The van der Waals surface area contributed by atoms with Crippen molar-refractivity contribution in [1.29, 1.82) is 0 Å². The molecule has 0 saturated heterocycles. The van der Waals surface area contributed by atoms with E-state index in [0.717, 1.165) is 0 Å². The first-order chi connectivity index (χ1) is 6.13. The number of Topliss-reactive ketones (excluding diaryl/α,β-unsaturated/α-hetero) is 1. The fraction of sp³-hybridized carbons (Fsp3) is 0.571. The molecule has 0 spiro atoms. The fourth-order valence-electron chi connectivity index (χ4n) is 1.02. The van der Waals surface area contributed by atoms with Gasteiger partial charge in [0, 0.05) is 0 Å². The lowest BCUT2D eigenvalue weighted by atomic mass is 9.93. The molecular weight excluding hydrogens is 313 g/mol. The lowest BCUT2D eigenvalue weighted by Crippen LogP contribution is -2.51. The van der Waals surface area contributed by atoms with Crippen molar-refractivity contribution in [2.75, 3.05) is 0 Å². The third kappa shape index (κ3) is 1.77. The smallest absolute Gasteiger partial charge is 0.199 e. The molecule has 2 atom stereocenters. The summed E-state index contributed by atoms with van der Waals surface area (Å²) in [6.45, 7) is 1.36. The minimum absolute atomic E-state index is 0.00423. The SMILES string of the molecule is CC1(Cl)C(=O)C(Cl)(Cl)C(Cl)C(Cl)=C1Cl. The zero-order chi connectivity index (χ0) is 11.3. The van der Waals surface area contributed by atoms with Gasteiger partial charge < -0.3 is 0 Å². The second-order valence-corrected chi connectivity index (χ2v) is 6.34. The molecule has 0 amide bonds. The maximum Gasteiger partial charge on any atom is 0.199 e. The summed E-state index contributed by atoms with van der Waals surface area (Å²) in [6, 6.07) is 0. The third-order valence-corrected chi connectivity index (χ3v) is 5.10. The van der Waals surface area contributed by atoms with Gasteiger partial charge in [-0.15, -0.1) is 23.2 Å². The van der Waals surface area contributed by atoms with Crippen LogP contribution in [0.3, 0.4) is 0 Å². The molecule has 1 rings (SSSR count). The molecule has 0 radical (unpaired) electrons. The maximum absolute atomic E-state index is 11.7. The molecule has 0 fully saturated rings. The summed E-state index contributed by atoms with van der Waals surface area (Å²) in [6.07, 6.45) is 0. The van der Waals surface area contributed by atoms with Crippen molar-refractivity contribution >= 4 is 75.4 Å². The number of rotatable bonds is 0. The van der Waals surface area contributed by atoms with Gasteiger partial charge in [-0.05, 0) is 6.92 Å². The minimum Gasteiger partial charge on any atom is -0.294 e. The van der Waals surface area contributed by atoms with Crippen LogP contribution in [0, 0.1) is 0 Å². The van der Waals surface area contributed by atoms with Crippen LogP contribution in [-0.4, -0.2) is 20.4 Å². The second-order valence-electron chi connectivity index (χ2n) is 2.98. The first-order valence-corrected chi connectivity index (χ1v) is 5.77. The van der Waals surface area contributed by atoms with Crippen LogP contribution >= 0.6 is 69.6 Å². The fourth-order valence-corrected chi connectivity index (χ4v) is 2.94. The molecule has 0 bridgehead atoms. The zero-order valence-electron chi connectivity index (χ0n) is 6.75. The Labute approximate surface area is 111 Å². The summed E-state index contributed by atoms with van der Waals surface area (Å²) in [5.74, 6) is -0.676. The van der Waals surface area contributed by atoms with E-state index in [9.17, 15) is 4.79 Å². The third-order valence-electron chi connectivity index (χ3n) is 1.89. The molecular formula is C7H4Cl6O. The van der Waals surface area contributed by atoms with Gasteiger partial charge in [0.15, 0.2) is 10.1 Å². The molecule has 0 N–H and O–H groups in total. The standard InChI is InChI=1S/C7H4Cl6O/c1-6(11)3(9)2(8)4(10)7(12,13)5(6)14/h4H,1H3. The average molecular weight is 317 g/mol. The van der Waals surface area contributed by atoms with Gasteiger partial charge in [-0.3, -0.25) is 4.79 Å². The summed E-state index contributed by atoms with van der Waals surface area (Å²) in [4.78, 5) is 10.2. The van der Waals surface area contributed by atoms with Crippen molar-refractivity contribution in [2.24, 2.45) is 0 Å². The van der Waals surface area contributed by atoms with E-state index < -0.39 is 20.4 Å². The van der Waals surface area contributed by atoms with Crippen LogP contribution in [0.5, 0.6) is 0 Å². The van der Waals surface area contributed by atoms with Gasteiger partial charge in [-0.25, -0.2) is 0 Å². The number of carbonyl (C=O) groups is 1. The Bertz CT molecular complexity index is 318. The Balaban J connectivity index is 3.39. The topological polar surface area (TPSA) is 17.1 Å². The molecule has 14 heavy (non-hydrogen) atoms. The molecule has 0 aliphatic heterocycles. The molecule has 1 aliphatic rings. The molecule has 2 unspecified atom stereocenters. The quantitative estimate of drug-likeness (QED) is 0.616. The Morgan fingerprint density at radius 1 is 1.21 bits per heavy atom. The number of hydrogen-bond acceptors (Lipinski definition) is 1. The van der Waals surface area contributed by atoms with E-state index in [2.05, 4.69) is 0 Å². The van der Waals surface area contributed by atoms with Gasteiger partial charge in [0.2, 0.25) is 0 Å². The van der Waals surface area contributed by atoms with Gasteiger partial charge in [0.25, 0.3) is 0 Å². The van der Waals surface area contributed by atoms with E-state index in [0.29, 0.717) is 0 Å². The van der Waals surface area contributed by atoms with E-state index in [1.807, 2.05) is 0 Å². The van der Waals surface area contributed by atoms with Gasteiger partial charge in [-0.2, -0.15) is 0 Å². The van der Waals surface area contributed by atoms with Gasteiger partial charge >= 0.3 is 0 Å². The second kappa shape index (κ2) is 3.87.